The summed E-state index contributed by atoms with van der Waals surface area (Å²) in [6.07, 6.45) is 4.09. The van der Waals surface area contributed by atoms with Crippen LogP contribution in [0.4, 0.5) is 5.82 Å². The van der Waals surface area contributed by atoms with Crippen LogP contribution < -0.4 is 21.7 Å². The first-order valence-corrected chi connectivity index (χ1v) is 9.81. The zero-order chi connectivity index (χ0) is 21.1. The number of likely N-dealkylation sites (tertiary alicyclic amines) is 1. The second kappa shape index (κ2) is 8.65. The summed E-state index contributed by atoms with van der Waals surface area (Å²) in [6.45, 7) is 0.836. The van der Waals surface area contributed by atoms with E-state index in [0.29, 0.717) is 0 Å². The summed E-state index contributed by atoms with van der Waals surface area (Å²) in [4.78, 5) is 39.8. The highest BCUT2D eigenvalue weighted by Gasteiger charge is 2.28. The lowest BCUT2D eigenvalue weighted by molar-refractivity contribution is 0.0891. The number of nitrogen functional groups attached to an aromatic ring is 1. The summed E-state index contributed by atoms with van der Waals surface area (Å²) in [5, 5.41) is 0. The van der Waals surface area contributed by atoms with Gasteiger partial charge in [0.15, 0.2) is 5.78 Å². The molecule has 1 atom stereocenters. The van der Waals surface area contributed by atoms with Crippen LogP contribution >= 0.6 is 0 Å². The number of nitrogens with two attached hydrogens (primary N) is 1. The molecule has 8 heteroatoms. The second-order valence-electron chi connectivity index (χ2n) is 7.50. The minimum Gasteiger partial charge on any atom is -0.497 e. The number of Topliss-reactive ketones (excluding diaryl/α,β-unsaturated/α-hetero) is 1. The van der Waals surface area contributed by atoms with Gasteiger partial charge >= 0.3 is 5.69 Å². The maximum atomic E-state index is 13.1. The van der Waals surface area contributed by atoms with Crippen LogP contribution in [0.5, 0.6) is 5.75 Å². The zero-order valence-corrected chi connectivity index (χ0v) is 17.2. The molecule has 0 spiro atoms. The molecular formula is C21H28N4O4. The molecule has 2 heterocycles. The number of ketones is 1. The van der Waals surface area contributed by atoms with Crippen molar-refractivity contribution in [2.75, 3.05) is 25.9 Å². The predicted octanol–water partition coefficient (Wildman–Crippen LogP) is 1.47. The van der Waals surface area contributed by atoms with Crippen molar-refractivity contribution in [3.63, 3.8) is 0 Å². The molecule has 1 saturated heterocycles. The molecule has 1 fully saturated rings. The van der Waals surface area contributed by atoms with Crippen molar-refractivity contribution >= 4 is 11.6 Å². The second-order valence-corrected chi connectivity index (χ2v) is 7.50. The molecule has 0 unspecified atom stereocenters. The van der Waals surface area contributed by atoms with Gasteiger partial charge in [0, 0.05) is 20.1 Å². The number of carbonyl (C=O) groups is 1. The van der Waals surface area contributed by atoms with Gasteiger partial charge in [0.1, 0.15) is 17.1 Å². The van der Waals surface area contributed by atoms with Gasteiger partial charge in [-0.1, -0.05) is 25.0 Å². The Bertz CT molecular complexity index is 1010. The Morgan fingerprint density at radius 3 is 2.45 bits per heavy atom. The summed E-state index contributed by atoms with van der Waals surface area (Å²) in [5.41, 5.74) is 5.77. The van der Waals surface area contributed by atoms with Crippen LogP contribution in [-0.4, -0.2) is 40.0 Å². The standard InChI is InChI=1S/C21H28N4O4/c1-23-19(22)18(20(27)24(2)21(23)28)17(26)13-25-12-6-4-5-7-16(25)14-8-10-15(29-3)11-9-14/h8-11,16H,4-7,12-13,22H2,1-3H3/t16-/m1/s1. The van der Waals surface area contributed by atoms with E-state index in [-0.39, 0.29) is 29.8 Å². The monoisotopic (exact) mass is 400 g/mol. The Hall–Kier alpha value is -2.87. The van der Waals surface area contributed by atoms with E-state index in [0.717, 1.165) is 52.7 Å². The zero-order valence-electron chi connectivity index (χ0n) is 17.2. The molecule has 1 aromatic heterocycles. The van der Waals surface area contributed by atoms with E-state index in [9.17, 15) is 14.4 Å². The number of aromatic nitrogens is 2. The Morgan fingerprint density at radius 1 is 1.10 bits per heavy atom. The van der Waals surface area contributed by atoms with E-state index in [1.165, 1.54) is 14.1 Å². The average molecular weight is 400 g/mol. The number of nitrogens with zero attached hydrogens (tertiary/aromatic N) is 3. The van der Waals surface area contributed by atoms with Gasteiger partial charge in [-0.2, -0.15) is 0 Å². The minimum atomic E-state index is -0.647. The van der Waals surface area contributed by atoms with E-state index < -0.39 is 11.2 Å². The number of methoxy groups -OCH3 is 1. The molecule has 8 nitrogen and oxygen atoms in total. The smallest absolute Gasteiger partial charge is 0.332 e. The van der Waals surface area contributed by atoms with Crippen LogP contribution in [-0.2, 0) is 14.1 Å². The van der Waals surface area contributed by atoms with Gasteiger partial charge in [-0.05, 0) is 37.1 Å². The van der Waals surface area contributed by atoms with Crippen molar-refractivity contribution in [2.24, 2.45) is 14.1 Å². The summed E-state index contributed by atoms with van der Waals surface area (Å²) >= 11 is 0. The number of ether oxygens (including phenoxy) is 1. The quantitative estimate of drug-likeness (QED) is 0.763. The number of benzene rings is 1. The van der Waals surface area contributed by atoms with Crippen LogP contribution in [0.1, 0.15) is 47.6 Å². The first-order valence-electron chi connectivity index (χ1n) is 9.81. The third kappa shape index (κ3) is 4.12. The molecule has 2 aromatic rings. The summed E-state index contributed by atoms with van der Waals surface area (Å²) in [6, 6.07) is 7.95. The van der Waals surface area contributed by atoms with Gasteiger partial charge in [-0.15, -0.1) is 0 Å². The van der Waals surface area contributed by atoms with Crippen molar-refractivity contribution < 1.29 is 9.53 Å². The SMILES string of the molecule is COc1ccc([C@H]2CCCCCN2CC(=O)c2c(N)n(C)c(=O)n(C)c2=O)cc1. The van der Waals surface area contributed by atoms with Crippen LogP contribution in [0.25, 0.3) is 0 Å². The fraction of sp³-hybridized carbons (Fsp3) is 0.476. The molecule has 0 amide bonds. The summed E-state index contributed by atoms with van der Waals surface area (Å²) in [5.74, 6) is 0.338. The van der Waals surface area contributed by atoms with Crippen LogP contribution in [0.3, 0.4) is 0 Å². The number of rotatable bonds is 5. The van der Waals surface area contributed by atoms with Crippen LogP contribution in [0.15, 0.2) is 33.9 Å². The fourth-order valence-corrected chi connectivity index (χ4v) is 3.95. The highest BCUT2D eigenvalue weighted by molar-refractivity contribution is 6.01. The third-order valence-electron chi connectivity index (χ3n) is 5.70. The lowest BCUT2D eigenvalue weighted by Crippen LogP contribution is -2.43. The van der Waals surface area contributed by atoms with Crippen LogP contribution in [0, 0.1) is 0 Å². The third-order valence-corrected chi connectivity index (χ3v) is 5.70. The Morgan fingerprint density at radius 2 is 1.79 bits per heavy atom. The van der Waals surface area contributed by atoms with Gasteiger partial charge in [0.2, 0.25) is 0 Å². The largest absolute Gasteiger partial charge is 0.497 e. The topological polar surface area (TPSA) is 99.6 Å². The van der Waals surface area contributed by atoms with E-state index in [2.05, 4.69) is 4.90 Å². The molecular weight excluding hydrogens is 372 g/mol. The lowest BCUT2D eigenvalue weighted by Gasteiger charge is -2.30. The summed E-state index contributed by atoms with van der Waals surface area (Å²) < 4.78 is 7.30. The lowest BCUT2D eigenvalue weighted by atomic mass is 10.00. The van der Waals surface area contributed by atoms with Crippen molar-refractivity contribution in [3.8, 4) is 5.75 Å². The van der Waals surface area contributed by atoms with E-state index in [1.54, 1.807) is 7.11 Å². The number of hydrogen-bond acceptors (Lipinski definition) is 6. The van der Waals surface area contributed by atoms with E-state index in [1.807, 2.05) is 24.3 Å². The Kier molecular flexibility index (Phi) is 6.22. The first-order chi connectivity index (χ1) is 13.8. The van der Waals surface area contributed by atoms with Crippen LogP contribution in [0.2, 0.25) is 0 Å². The van der Waals surface area contributed by atoms with Gasteiger partial charge in [-0.3, -0.25) is 23.6 Å². The molecule has 2 N–H and O–H groups in total. The van der Waals surface area contributed by atoms with Gasteiger partial charge in [0.05, 0.1) is 13.7 Å². The number of hydrogen-bond donors (Lipinski definition) is 1. The van der Waals surface area contributed by atoms with E-state index in [4.69, 9.17) is 10.5 Å². The van der Waals surface area contributed by atoms with E-state index >= 15 is 0 Å². The Balaban J connectivity index is 1.93. The highest BCUT2D eigenvalue weighted by Crippen LogP contribution is 2.31. The fourth-order valence-electron chi connectivity index (χ4n) is 3.95. The molecule has 0 saturated carbocycles. The molecule has 1 aliphatic heterocycles. The first kappa shape index (κ1) is 20.9. The van der Waals surface area contributed by atoms with Crippen molar-refractivity contribution in [1.29, 1.82) is 0 Å². The molecule has 156 valence electrons. The predicted molar refractivity (Wildman–Crippen MR) is 111 cm³/mol. The normalized spacial score (nSPS) is 17.7. The maximum Gasteiger partial charge on any atom is 0.332 e. The average Bonchev–Trinajstić information content (AvgIpc) is 2.96. The molecule has 0 aliphatic carbocycles. The summed E-state index contributed by atoms with van der Waals surface area (Å²) in [7, 11) is 4.44. The molecule has 29 heavy (non-hydrogen) atoms. The minimum absolute atomic E-state index is 0.0740. The number of carbonyl (C=O) groups excluding carboxylic acids is 1. The van der Waals surface area contributed by atoms with Crippen molar-refractivity contribution in [3.05, 3.63) is 56.2 Å². The van der Waals surface area contributed by atoms with Crippen molar-refractivity contribution in [1.82, 2.24) is 14.0 Å². The molecule has 1 aliphatic rings. The Labute approximate surface area is 169 Å². The molecule has 0 bridgehead atoms. The van der Waals surface area contributed by atoms with Crippen molar-refractivity contribution in [2.45, 2.75) is 31.7 Å². The highest BCUT2D eigenvalue weighted by atomic mass is 16.5. The van der Waals surface area contributed by atoms with Gasteiger partial charge in [0.25, 0.3) is 5.56 Å². The maximum absolute atomic E-state index is 13.1. The number of anilines is 1. The van der Waals surface area contributed by atoms with Gasteiger partial charge in [-0.25, -0.2) is 4.79 Å². The molecule has 0 radical (unpaired) electrons. The van der Waals surface area contributed by atoms with Gasteiger partial charge < -0.3 is 10.5 Å². The molecule has 1 aromatic carbocycles. The molecule has 3 rings (SSSR count).